The van der Waals surface area contributed by atoms with Gasteiger partial charge in [-0.1, -0.05) is 0 Å². The molecule has 1 atom stereocenters. The van der Waals surface area contributed by atoms with Crippen molar-refractivity contribution in [2.75, 3.05) is 11.9 Å². The van der Waals surface area contributed by atoms with Gasteiger partial charge in [0.15, 0.2) is 0 Å². The summed E-state index contributed by atoms with van der Waals surface area (Å²) in [5.41, 5.74) is 7.00. The largest absolute Gasteiger partial charge is 0.330 e. The number of nitrogens with one attached hydrogen (secondary N) is 1. The minimum absolute atomic E-state index is 0.0560. The fraction of sp³-hybridized carbons (Fsp3) is 0.300. The molecular weight excluding hydrogens is 183 g/mol. The monoisotopic (exact) mass is 194 g/mol. The summed E-state index contributed by atoms with van der Waals surface area (Å²) in [6, 6.07) is 4.34. The predicted octanol–water partition coefficient (Wildman–Crippen LogP) is 1.21. The Balaban J connectivity index is 2.46. The van der Waals surface area contributed by atoms with Crippen LogP contribution in [-0.4, -0.2) is 12.5 Å². The fourth-order valence-electron chi connectivity index (χ4n) is 1.73. The summed E-state index contributed by atoms with van der Waals surface area (Å²) in [5, 5.41) is 2.69. The Morgan fingerprint density at radius 1 is 1.57 bits per heavy atom. The van der Waals surface area contributed by atoms with Gasteiger partial charge in [0, 0.05) is 18.0 Å². The minimum atomic E-state index is -0.293. The molecule has 1 unspecified atom stereocenters. The molecule has 3 nitrogen and oxygen atoms in total. The first-order chi connectivity index (χ1) is 6.70. The molecule has 0 aliphatic carbocycles. The molecular formula is C10H11FN2O. The second-order valence-electron chi connectivity index (χ2n) is 3.42. The third-order valence-corrected chi connectivity index (χ3v) is 2.44. The van der Waals surface area contributed by atoms with Gasteiger partial charge in [-0.15, -0.1) is 0 Å². The smallest absolute Gasteiger partial charge is 0.225 e. The molecule has 0 saturated carbocycles. The van der Waals surface area contributed by atoms with E-state index in [0.29, 0.717) is 18.7 Å². The zero-order valence-corrected chi connectivity index (χ0v) is 7.59. The molecule has 14 heavy (non-hydrogen) atoms. The van der Waals surface area contributed by atoms with Crippen LogP contribution in [0.3, 0.4) is 0 Å². The number of rotatable bonds is 1. The molecule has 1 aromatic carbocycles. The molecule has 1 aliphatic heterocycles. The van der Waals surface area contributed by atoms with E-state index in [9.17, 15) is 9.18 Å². The Labute approximate surface area is 81.1 Å². The second-order valence-corrected chi connectivity index (χ2v) is 3.42. The van der Waals surface area contributed by atoms with Gasteiger partial charge < -0.3 is 11.1 Å². The van der Waals surface area contributed by atoms with Crippen LogP contribution in [0.2, 0.25) is 0 Å². The van der Waals surface area contributed by atoms with E-state index in [1.165, 1.54) is 12.1 Å². The van der Waals surface area contributed by atoms with Crippen LogP contribution in [0.5, 0.6) is 0 Å². The first-order valence-corrected chi connectivity index (χ1v) is 4.50. The number of hydrogen-bond acceptors (Lipinski definition) is 2. The maximum atomic E-state index is 12.9. The number of anilines is 1. The van der Waals surface area contributed by atoms with Crippen molar-refractivity contribution < 1.29 is 9.18 Å². The molecule has 1 aliphatic rings. The Morgan fingerprint density at radius 2 is 2.36 bits per heavy atom. The highest BCUT2D eigenvalue weighted by molar-refractivity contribution is 5.94. The van der Waals surface area contributed by atoms with Crippen LogP contribution in [0.1, 0.15) is 17.9 Å². The summed E-state index contributed by atoms with van der Waals surface area (Å²) in [5.74, 6) is -0.410. The molecule has 0 saturated heterocycles. The summed E-state index contributed by atoms with van der Waals surface area (Å²) >= 11 is 0. The molecule has 4 heteroatoms. The zero-order valence-electron chi connectivity index (χ0n) is 7.59. The van der Waals surface area contributed by atoms with E-state index in [2.05, 4.69) is 5.32 Å². The molecule has 0 aromatic heterocycles. The molecule has 1 heterocycles. The molecule has 0 spiro atoms. The van der Waals surface area contributed by atoms with Gasteiger partial charge in [0.1, 0.15) is 5.82 Å². The first-order valence-electron chi connectivity index (χ1n) is 4.50. The highest BCUT2D eigenvalue weighted by Gasteiger charge is 2.24. The number of hydrogen-bond donors (Lipinski definition) is 2. The van der Waals surface area contributed by atoms with E-state index in [1.807, 2.05) is 0 Å². The molecule has 0 fully saturated rings. The number of nitrogens with two attached hydrogens (primary N) is 1. The molecule has 1 amide bonds. The fourth-order valence-corrected chi connectivity index (χ4v) is 1.73. The number of amides is 1. The summed E-state index contributed by atoms with van der Waals surface area (Å²) in [6.45, 7) is 0.365. The van der Waals surface area contributed by atoms with Gasteiger partial charge in [-0.2, -0.15) is 0 Å². The topological polar surface area (TPSA) is 55.1 Å². The van der Waals surface area contributed by atoms with Crippen molar-refractivity contribution in [3.05, 3.63) is 29.6 Å². The summed E-state index contributed by atoms with van der Waals surface area (Å²) in [7, 11) is 0. The normalized spacial score (nSPS) is 20.1. The third-order valence-electron chi connectivity index (χ3n) is 2.44. The average Bonchev–Trinajstić information content (AvgIpc) is 2.17. The maximum absolute atomic E-state index is 12.9. The van der Waals surface area contributed by atoms with Crippen LogP contribution in [0, 0.1) is 5.82 Å². The van der Waals surface area contributed by atoms with E-state index in [1.54, 1.807) is 6.07 Å². The summed E-state index contributed by atoms with van der Waals surface area (Å²) in [4.78, 5) is 11.2. The molecule has 1 aromatic rings. The van der Waals surface area contributed by atoms with Crippen molar-refractivity contribution in [1.82, 2.24) is 0 Å². The maximum Gasteiger partial charge on any atom is 0.225 e. The minimum Gasteiger partial charge on any atom is -0.330 e. The average molecular weight is 194 g/mol. The number of carbonyl (C=O) groups is 1. The van der Waals surface area contributed by atoms with Gasteiger partial charge in [-0.05, 0) is 30.3 Å². The molecule has 0 bridgehead atoms. The molecule has 3 N–H and O–H groups in total. The van der Waals surface area contributed by atoms with E-state index >= 15 is 0 Å². The van der Waals surface area contributed by atoms with Crippen molar-refractivity contribution in [2.24, 2.45) is 5.73 Å². The van der Waals surface area contributed by atoms with Gasteiger partial charge in [-0.25, -0.2) is 4.39 Å². The second kappa shape index (κ2) is 3.38. The van der Waals surface area contributed by atoms with Gasteiger partial charge in [-0.3, -0.25) is 4.79 Å². The molecule has 0 radical (unpaired) electrons. The van der Waals surface area contributed by atoms with Crippen molar-refractivity contribution in [2.45, 2.75) is 12.3 Å². The highest BCUT2D eigenvalue weighted by atomic mass is 19.1. The van der Waals surface area contributed by atoms with Crippen LogP contribution < -0.4 is 11.1 Å². The van der Waals surface area contributed by atoms with E-state index < -0.39 is 0 Å². The van der Waals surface area contributed by atoms with Gasteiger partial charge >= 0.3 is 0 Å². The van der Waals surface area contributed by atoms with Crippen LogP contribution in [0.15, 0.2) is 18.2 Å². The van der Waals surface area contributed by atoms with E-state index in [0.717, 1.165) is 5.56 Å². The van der Waals surface area contributed by atoms with Crippen molar-refractivity contribution in [3.63, 3.8) is 0 Å². The summed E-state index contributed by atoms with van der Waals surface area (Å²) in [6.07, 6.45) is 0.340. The van der Waals surface area contributed by atoms with E-state index in [4.69, 9.17) is 5.73 Å². The Hall–Kier alpha value is -1.42. The number of carbonyl (C=O) groups excluding carboxylic acids is 1. The zero-order chi connectivity index (χ0) is 10.1. The number of benzene rings is 1. The lowest BCUT2D eigenvalue weighted by molar-refractivity contribution is -0.116. The predicted molar refractivity (Wildman–Crippen MR) is 51.4 cm³/mol. The van der Waals surface area contributed by atoms with Gasteiger partial charge in [0.05, 0.1) is 0 Å². The summed E-state index contributed by atoms with van der Waals surface area (Å²) < 4.78 is 12.9. The quantitative estimate of drug-likeness (QED) is 0.706. The van der Waals surface area contributed by atoms with Crippen molar-refractivity contribution >= 4 is 11.6 Å². The lowest BCUT2D eigenvalue weighted by atomic mass is 9.91. The lowest BCUT2D eigenvalue weighted by Gasteiger charge is -2.24. The molecule has 2 rings (SSSR count). The third kappa shape index (κ3) is 1.48. The van der Waals surface area contributed by atoms with E-state index in [-0.39, 0.29) is 17.6 Å². The highest BCUT2D eigenvalue weighted by Crippen LogP contribution is 2.31. The SMILES string of the molecule is NCC1CC(=O)Nc2ccc(F)cc21. The standard InChI is InChI=1S/C10H11FN2O/c11-7-1-2-9-8(4-7)6(5-12)3-10(14)13-9/h1-2,4,6H,3,5,12H2,(H,13,14). The lowest BCUT2D eigenvalue weighted by Crippen LogP contribution is -2.27. The molecule has 74 valence electrons. The van der Waals surface area contributed by atoms with Crippen LogP contribution >= 0.6 is 0 Å². The van der Waals surface area contributed by atoms with Gasteiger partial charge in [0.25, 0.3) is 0 Å². The Kier molecular flexibility index (Phi) is 2.21. The van der Waals surface area contributed by atoms with Crippen molar-refractivity contribution in [1.29, 1.82) is 0 Å². The Bertz CT molecular complexity index is 378. The van der Waals surface area contributed by atoms with Crippen LogP contribution in [0.25, 0.3) is 0 Å². The van der Waals surface area contributed by atoms with Gasteiger partial charge in [0.2, 0.25) is 5.91 Å². The van der Waals surface area contributed by atoms with Crippen molar-refractivity contribution in [3.8, 4) is 0 Å². The number of halogens is 1. The number of fused-ring (bicyclic) bond motifs is 1. The Morgan fingerprint density at radius 3 is 3.07 bits per heavy atom. The first kappa shape index (κ1) is 9.15. The van der Waals surface area contributed by atoms with Crippen LogP contribution in [-0.2, 0) is 4.79 Å². The van der Waals surface area contributed by atoms with Crippen LogP contribution in [0.4, 0.5) is 10.1 Å².